The Kier molecular flexibility index (Phi) is 8.19. The minimum Gasteiger partial charge on any atom is -0.480 e. The van der Waals surface area contributed by atoms with Gasteiger partial charge in [0.1, 0.15) is 17.9 Å². The summed E-state index contributed by atoms with van der Waals surface area (Å²) in [6.07, 6.45) is 1.74. The van der Waals surface area contributed by atoms with E-state index in [1.54, 1.807) is 36.4 Å². The molecule has 2 aliphatic heterocycles. The van der Waals surface area contributed by atoms with Crippen LogP contribution in [0.15, 0.2) is 47.4 Å². The Balaban J connectivity index is 1.67. The highest BCUT2D eigenvalue weighted by Crippen LogP contribution is 2.26. The number of likely N-dealkylation sites (N-methyl/N-ethyl adjacent to an activating group) is 1. The zero-order valence-electron chi connectivity index (χ0n) is 21.7. The van der Waals surface area contributed by atoms with Crippen LogP contribution in [0.4, 0.5) is 0 Å². The number of hydrogen-bond donors (Lipinski definition) is 4. The van der Waals surface area contributed by atoms with Gasteiger partial charge in [0.05, 0.1) is 4.90 Å². The molecule has 10 nitrogen and oxygen atoms in total. The Hall–Kier alpha value is -3.28. The van der Waals surface area contributed by atoms with Crippen molar-refractivity contribution < 1.29 is 23.1 Å². The van der Waals surface area contributed by atoms with Crippen molar-refractivity contribution in [2.24, 2.45) is 11.7 Å². The normalized spacial score (nSPS) is 20.9. The maximum atomic E-state index is 13.8. The van der Waals surface area contributed by atoms with E-state index >= 15 is 0 Å². The number of nitrogens with two attached hydrogens (primary N) is 1. The molecular formula is C27H35N5O5S. The van der Waals surface area contributed by atoms with Crippen molar-refractivity contribution in [3.8, 4) is 0 Å². The van der Waals surface area contributed by atoms with E-state index in [0.29, 0.717) is 30.5 Å². The monoisotopic (exact) mass is 541 g/mol. The first-order valence-corrected chi connectivity index (χ1v) is 14.2. The number of hydrogen-bond acceptors (Lipinski definition) is 6. The number of nitrogens with zero attached hydrogens (tertiary/aromatic N) is 2. The number of carboxylic acids is 1. The van der Waals surface area contributed by atoms with Gasteiger partial charge in [-0.25, -0.2) is 13.2 Å². The first-order chi connectivity index (χ1) is 17.9. The number of carbonyl (C=O) groups excluding carboxylic acids is 1. The summed E-state index contributed by atoms with van der Waals surface area (Å²) in [5.41, 5.74) is 8.70. The van der Waals surface area contributed by atoms with Crippen molar-refractivity contribution in [3.63, 3.8) is 0 Å². The fourth-order valence-electron chi connectivity index (χ4n) is 5.22. The molecule has 0 unspecified atom stereocenters. The minimum atomic E-state index is -4.12. The summed E-state index contributed by atoms with van der Waals surface area (Å²) in [5, 5.41) is 17.5. The number of amidine groups is 1. The zero-order chi connectivity index (χ0) is 27.6. The summed E-state index contributed by atoms with van der Waals surface area (Å²) >= 11 is 0. The number of sulfonamides is 1. The predicted molar refractivity (Wildman–Crippen MR) is 143 cm³/mol. The van der Waals surface area contributed by atoms with E-state index in [9.17, 15) is 23.1 Å². The molecule has 1 amide bonds. The van der Waals surface area contributed by atoms with E-state index in [0.717, 1.165) is 24.1 Å². The number of benzene rings is 2. The number of rotatable bonds is 8. The van der Waals surface area contributed by atoms with Crippen LogP contribution in [0.5, 0.6) is 0 Å². The molecule has 2 aromatic carbocycles. The summed E-state index contributed by atoms with van der Waals surface area (Å²) in [6, 6.07) is 9.45. The van der Waals surface area contributed by atoms with E-state index in [2.05, 4.69) is 9.62 Å². The third-order valence-corrected chi connectivity index (χ3v) is 8.87. The summed E-state index contributed by atoms with van der Waals surface area (Å²) in [4.78, 5) is 29.3. The standard InChI is InChI=1S/C27H35N5O5S/c1-17-8-11-32(24(12-17)27(34)35)26(33)23(14-18-4-3-5-20(13-18)25(28)29)30-38(36,37)22-7-6-19-9-10-31(2)16-21(19)15-22/h3-7,13,15,17,23-24,30H,8-12,14,16H2,1-2H3,(H3,28,29)(H,34,35)/t17-,23-,24-/m1/s1. The lowest BCUT2D eigenvalue weighted by atomic mass is 9.91. The third-order valence-electron chi connectivity index (χ3n) is 7.40. The van der Waals surface area contributed by atoms with Crippen LogP contribution in [-0.2, 0) is 39.0 Å². The summed E-state index contributed by atoms with van der Waals surface area (Å²) in [7, 11) is -2.14. The molecule has 0 bridgehead atoms. The molecule has 0 saturated carbocycles. The fourth-order valence-corrected chi connectivity index (χ4v) is 6.46. The van der Waals surface area contributed by atoms with Crippen molar-refractivity contribution in [2.75, 3.05) is 20.1 Å². The third kappa shape index (κ3) is 6.23. The molecule has 2 aliphatic rings. The van der Waals surface area contributed by atoms with Crippen LogP contribution in [0.1, 0.15) is 42.0 Å². The second-order valence-electron chi connectivity index (χ2n) is 10.4. The Labute approximate surface area is 223 Å². The molecular weight excluding hydrogens is 506 g/mol. The lowest BCUT2D eigenvalue weighted by molar-refractivity contribution is -0.153. The van der Waals surface area contributed by atoms with Crippen LogP contribution in [-0.4, -0.2) is 73.3 Å². The summed E-state index contributed by atoms with van der Waals surface area (Å²) in [5.74, 6) is -1.70. The average Bonchev–Trinajstić information content (AvgIpc) is 2.87. The molecule has 38 heavy (non-hydrogen) atoms. The number of fused-ring (bicyclic) bond motifs is 1. The van der Waals surface area contributed by atoms with Gasteiger partial charge in [-0.05, 0) is 73.5 Å². The number of nitrogens with one attached hydrogen (secondary N) is 2. The molecule has 2 aromatic rings. The number of piperidine rings is 1. The number of amides is 1. The molecule has 204 valence electrons. The van der Waals surface area contributed by atoms with Gasteiger partial charge in [0, 0.05) is 25.2 Å². The Morgan fingerprint density at radius 2 is 1.95 bits per heavy atom. The molecule has 0 aliphatic carbocycles. The maximum absolute atomic E-state index is 13.8. The van der Waals surface area contributed by atoms with Gasteiger partial charge < -0.3 is 20.6 Å². The second-order valence-corrected chi connectivity index (χ2v) is 12.1. The number of nitrogen functional groups attached to an aromatic ring is 1. The van der Waals surface area contributed by atoms with Crippen LogP contribution in [0.25, 0.3) is 0 Å². The highest BCUT2D eigenvalue weighted by Gasteiger charge is 2.39. The smallest absolute Gasteiger partial charge is 0.326 e. The molecule has 4 rings (SSSR count). The molecule has 5 N–H and O–H groups in total. The van der Waals surface area contributed by atoms with Crippen molar-refractivity contribution in [1.82, 2.24) is 14.5 Å². The topological polar surface area (TPSA) is 157 Å². The van der Waals surface area contributed by atoms with Gasteiger partial charge in [-0.3, -0.25) is 10.2 Å². The maximum Gasteiger partial charge on any atom is 0.326 e. The molecule has 0 radical (unpaired) electrons. The predicted octanol–water partition coefficient (Wildman–Crippen LogP) is 1.56. The van der Waals surface area contributed by atoms with E-state index in [4.69, 9.17) is 11.1 Å². The van der Waals surface area contributed by atoms with Crippen molar-refractivity contribution in [2.45, 2.75) is 56.1 Å². The lowest BCUT2D eigenvalue weighted by Gasteiger charge is -2.38. The first-order valence-electron chi connectivity index (χ1n) is 12.7. The van der Waals surface area contributed by atoms with Crippen LogP contribution in [0, 0.1) is 11.3 Å². The van der Waals surface area contributed by atoms with Gasteiger partial charge in [-0.15, -0.1) is 0 Å². The number of carboxylic acid groups (broad SMARTS) is 1. The van der Waals surface area contributed by atoms with Gasteiger partial charge in [0.25, 0.3) is 0 Å². The van der Waals surface area contributed by atoms with E-state index in [1.165, 1.54) is 4.90 Å². The highest BCUT2D eigenvalue weighted by atomic mass is 32.2. The molecule has 1 fully saturated rings. The van der Waals surface area contributed by atoms with E-state index in [1.807, 2.05) is 20.0 Å². The molecule has 2 heterocycles. The fraction of sp³-hybridized carbons (Fsp3) is 0.444. The minimum absolute atomic E-state index is 0.0226. The van der Waals surface area contributed by atoms with Gasteiger partial charge in [0.2, 0.25) is 15.9 Å². The van der Waals surface area contributed by atoms with E-state index < -0.39 is 34.0 Å². The largest absolute Gasteiger partial charge is 0.480 e. The summed E-state index contributed by atoms with van der Waals surface area (Å²) in [6.45, 7) is 3.70. The van der Waals surface area contributed by atoms with Gasteiger partial charge in [-0.1, -0.05) is 31.2 Å². The quantitative estimate of drug-likeness (QED) is 0.292. The molecule has 1 saturated heterocycles. The average molecular weight is 542 g/mol. The Bertz CT molecular complexity index is 1350. The SMILES string of the molecule is C[C@@H]1CCN(C(=O)[C@@H](Cc2cccc(C(=N)N)c2)NS(=O)(=O)c2ccc3c(c2)CN(C)CC3)[C@@H](C(=O)O)C1. The van der Waals surface area contributed by atoms with Crippen molar-refractivity contribution in [3.05, 3.63) is 64.7 Å². The van der Waals surface area contributed by atoms with Crippen molar-refractivity contribution in [1.29, 1.82) is 5.41 Å². The van der Waals surface area contributed by atoms with Crippen molar-refractivity contribution >= 4 is 27.7 Å². The van der Waals surface area contributed by atoms with Crippen LogP contribution in [0.3, 0.4) is 0 Å². The van der Waals surface area contributed by atoms with Crippen LogP contribution < -0.4 is 10.5 Å². The second kappa shape index (κ2) is 11.2. The number of likely N-dealkylation sites (tertiary alicyclic amines) is 1. The van der Waals surface area contributed by atoms with Gasteiger partial charge in [-0.2, -0.15) is 4.72 Å². The van der Waals surface area contributed by atoms with E-state index in [-0.39, 0.29) is 29.6 Å². The molecule has 11 heteroatoms. The Morgan fingerprint density at radius 1 is 1.18 bits per heavy atom. The highest BCUT2D eigenvalue weighted by molar-refractivity contribution is 7.89. The van der Waals surface area contributed by atoms with Gasteiger partial charge in [0.15, 0.2) is 0 Å². The molecule has 0 aromatic heterocycles. The molecule has 3 atom stereocenters. The summed E-state index contributed by atoms with van der Waals surface area (Å²) < 4.78 is 29.7. The van der Waals surface area contributed by atoms with Crippen LogP contribution in [0.2, 0.25) is 0 Å². The van der Waals surface area contributed by atoms with Gasteiger partial charge >= 0.3 is 5.97 Å². The zero-order valence-corrected chi connectivity index (χ0v) is 22.5. The lowest BCUT2D eigenvalue weighted by Crippen LogP contribution is -2.57. The Morgan fingerprint density at radius 3 is 2.66 bits per heavy atom. The number of aliphatic carboxylic acids is 1. The first kappa shape index (κ1) is 27.7. The molecule has 0 spiro atoms. The van der Waals surface area contributed by atoms with Crippen LogP contribution >= 0.6 is 0 Å². The number of carbonyl (C=O) groups is 2.